The molecule has 0 fully saturated rings. The molecule has 0 aliphatic carbocycles. The number of likely N-dealkylation sites (N-methyl/N-ethyl adjacent to an activating group) is 1. The summed E-state index contributed by atoms with van der Waals surface area (Å²) in [5.74, 6) is 0. The lowest BCUT2D eigenvalue weighted by Crippen LogP contribution is -2.58. The molecule has 0 saturated carbocycles. The molecule has 0 aromatic heterocycles. The van der Waals surface area contributed by atoms with E-state index in [1.165, 1.54) is 11.3 Å². The average Bonchev–Trinajstić information content (AvgIpc) is 1.96. The van der Waals surface area contributed by atoms with Crippen molar-refractivity contribution in [3.8, 4) is 0 Å². The van der Waals surface area contributed by atoms with Gasteiger partial charge in [0.2, 0.25) is 0 Å². The van der Waals surface area contributed by atoms with Crippen molar-refractivity contribution in [2.45, 2.75) is 26.8 Å². The van der Waals surface area contributed by atoms with Gasteiger partial charge in [-0.3, -0.25) is 0 Å². The SMILES string of the molecule is CC1=CC(C)N(C)C(C)=C1.[O-][Cl+3]([O-])([O-])O. The summed E-state index contributed by atoms with van der Waals surface area (Å²) >= 11 is 0. The van der Waals surface area contributed by atoms with Crippen LogP contribution in [0, 0.1) is 10.2 Å². The van der Waals surface area contributed by atoms with Crippen molar-refractivity contribution in [2.75, 3.05) is 7.05 Å². The standard InChI is InChI=1S/C9H15N.ClHO4/c1-7-5-8(2)10(4)9(3)6-7;2-1(3,4)5/h5-6,8H,1-4H3;(H,2,3,4,5). The van der Waals surface area contributed by atoms with E-state index in [2.05, 4.69) is 44.9 Å². The highest BCUT2D eigenvalue weighted by Gasteiger charge is 2.10. The Balaban J connectivity index is 0.000000336. The molecule has 1 heterocycles. The fraction of sp³-hybridized carbons (Fsp3) is 0.556. The fourth-order valence-electron chi connectivity index (χ4n) is 1.29. The minimum atomic E-state index is -4.69. The maximum atomic E-state index is 8.60. The van der Waals surface area contributed by atoms with E-state index < -0.39 is 10.2 Å². The Morgan fingerprint density at radius 2 is 1.73 bits per heavy atom. The van der Waals surface area contributed by atoms with Crippen LogP contribution in [0.25, 0.3) is 0 Å². The Kier molecular flexibility index (Phi) is 5.27. The van der Waals surface area contributed by atoms with Crippen molar-refractivity contribution in [2.24, 2.45) is 0 Å². The zero-order chi connectivity index (χ0) is 12.2. The minimum Gasteiger partial charge on any atom is -0.372 e. The van der Waals surface area contributed by atoms with Gasteiger partial charge >= 0.3 is 0 Å². The van der Waals surface area contributed by atoms with Gasteiger partial charge in [-0.25, -0.2) is 0 Å². The molecule has 0 bridgehead atoms. The second-order valence-electron chi connectivity index (χ2n) is 3.44. The second-order valence-corrected chi connectivity index (χ2v) is 4.24. The Morgan fingerprint density at radius 1 is 1.33 bits per heavy atom. The highest BCUT2D eigenvalue weighted by molar-refractivity contribution is 5.26. The summed E-state index contributed by atoms with van der Waals surface area (Å²) in [5, 5.41) is 0. The first-order chi connectivity index (χ1) is 6.61. The highest BCUT2D eigenvalue weighted by atomic mass is 35.7. The first kappa shape index (κ1) is 14.4. The molecule has 0 saturated heterocycles. The summed E-state index contributed by atoms with van der Waals surface area (Å²) in [4.78, 5) is 2.27. The first-order valence-corrected chi connectivity index (χ1v) is 5.60. The number of nitrogens with zero attached hydrogens (tertiary/aromatic N) is 1. The van der Waals surface area contributed by atoms with Crippen LogP contribution < -0.4 is 14.0 Å². The molecule has 1 rings (SSSR count). The Labute approximate surface area is 91.7 Å². The molecule has 1 atom stereocenters. The van der Waals surface area contributed by atoms with E-state index in [0.29, 0.717) is 6.04 Å². The lowest BCUT2D eigenvalue weighted by atomic mass is 10.1. The highest BCUT2D eigenvalue weighted by Crippen LogP contribution is 2.16. The third-order valence-electron chi connectivity index (χ3n) is 2.11. The lowest BCUT2D eigenvalue weighted by Gasteiger charge is -2.29. The van der Waals surface area contributed by atoms with Crippen LogP contribution in [-0.4, -0.2) is 22.6 Å². The molecule has 0 aromatic carbocycles. The number of hydrogen-bond acceptors (Lipinski definition) is 5. The van der Waals surface area contributed by atoms with Crippen molar-refractivity contribution in [1.82, 2.24) is 4.90 Å². The minimum absolute atomic E-state index is 0.560. The van der Waals surface area contributed by atoms with Gasteiger partial charge in [-0.05, 0) is 26.8 Å². The molecule has 1 aliphatic rings. The number of hydrogen-bond donors (Lipinski definition) is 1. The Morgan fingerprint density at radius 3 is 2.07 bits per heavy atom. The van der Waals surface area contributed by atoms with Gasteiger partial charge in [0.05, 0.1) is 14.9 Å². The maximum absolute atomic E-state index is 8.60. The van der Waals surface area contributed by atoms with Gasteiger partial charge in [0.15, 0.2) is 0 Å². The van der Waals surface area contributed by atoms with Crippen LogP contribution in [0.4, 0.5) is 0 Å². The van der Waals surface area contributed by atoms with Gasteiger partial charge in [0.25, 0.3) is 0 Å². The zero-order valence-electron chi connectivity index (χ0n) is 9.23. The van der Waals surface area contributed by atoms with Gasteiger partial charge in [-0.2, -0.15) is 14.0 Å². The van der Waals surface area contributed by atoms with Crippen LogP contribution in [0.5, 0.6) is 0 Å². The van der Waals surface area contributed by atoms with Crippen molar-refractivity contribution in [3.05, 3.63) is 23.4 Å². The molecule has 1 aliphatic heterocycles. The first-order valence-electron chi connectivity index (χ1n) is 4.34. The molecule has 15 heavy (non-hydrogen) atoms. The van der Waals surface area contributed by atoms with E-state index in [1.807, 2.05) is 0 Å². The summed E-state index contributed by atoms with van der Waals surface area (Å²) in [7, 11) is -2.57. The molecule has 1 N–H and O–H groups in total. The van der Waals surface area contributed by atoms with Crippen molar-refractivity contribution >= 4 is 0 Å². The van der Waals surface area contributed by atoms with Crippen LogP contribution in [0.15, 0.2) is 23.4 Å². The van der Waals surface area contributed by atoms with Crippen LogP contribution in [-0.2, 0) is 0 Å². The van der Waals surface area contributed by atoms with Crippen LogP contribution in [0.2, 0.25) is 0 Å². The van der Waals surface area contributed by atoms with Crippen LogP contribution >= 0.6 is 0 Å². The quantitative estimate of drug-likeness (QED) is 0.529. The normalized spacial score (nSPS) is 21.3. The summed E-state index contributed by atoms with van der Waals surface area (Å²) < 4.78 is 32.7. The van der Waals surface area contributed by atoms with E-state index in [1.54, 1.807) is 0 Å². The largest absolute Gasteiger partial charge is 0.372 e. The third kappa shape index (κ3) is 7.35. The predicted octanol–water partition coefficient (Wildman–Crippen LogP) is -1.95. The van der Waals surface area contributed by atoms with Crippen molar-refractivity contribution < 1.29 is 28.9 Å². The van der Waals surface area contributed by atoms with Gasteiger partial charge in [0, 0.05) is 18.8 Å². The Hall–Kier alpha value is -0.590. The smallest absolute Gasteiger partial charge is 0.0777 e. The molecule has 0 radical (unpaired) electrons. The van der Waals surface area contributed by atoms with E-state index in [0.717, 1.165) is 0 Å². The second kappa shape index (κ2) is 5.48. The summed E-state index contributed by atoms with van der Waals surface area (Å²) in [6.07, 6.45) is 4.48. The summed E-state index contributed by atoms with van der Waals surface area (Å²) in [6, 6.07) is 0.560. The molecule has 1 unspecified atom stereocenters. The average molecular weight is 238 g/mol. The van der Waals surface area contributed by atoms with E-state index in [-0.39, 0.29) is 0 Å². The van der Waals surface area contributed by atoms with Crippen LogP contribution in [0.1, 0.15) is 20.8 Å². The van der Waals surface area contributed by atoms with Gasteiger partial charge < -0.3 is 4.90 Å². The molecule has 0 spiro atoms. The molecular weight excluding hydrogens is 222 g/mol. The molecule has 0 amide bonds. The summed E-state index contributed by atoms with van der Waals surface area (Å²) in [6.45, 7) is 6.50. The predicted molar refractivity (Wildman–Crippen MR) is 47.0 cm³/mol. The topological polar surface area (TPSA) is 92.7 Å². The molecule has 5 nitrogen and oxygen atoms in total. The van der Waals surface area contributed by atoms with Crippen LogP contribution in [0.3, 0.4) is 0 Å². The van der Waals surface area contributed by atoms with Gasteiger partial charge in [0.1, 0.15) is 0 Å². The van der Waals surface area contributed by atoms with Crippen molar-refractivity contribution in [3.63, 3.8) is 0 Å². The van der Waals surface area contributed by atoms with E-state index >= 15 is 0 Å². The fourth-order valence-corrected chi connectivity index (χ4v) is 1.29. The molecule has 88 valence electrons. The monoisotopic (exact) mass is 237 g/mol. The summed E-state index contributed by atoms with van der Waals surface area (Å²) in [5.41, 5.74) is 2.73. The van der Waals surface area contributed by atoms with E-state index in [4.69, 9.17) is 18.6 Å². The number of halogens is 1. The third-order valence-corrected chi connectivity index (χ3v) is 2.11. The lowest BCUT2D eigenvalue weighted by molar-refractivity contribution is -1.92. The zero-order valence-corrected chi connectivity index (χ0v) is 9.99. The Bertz CT molecular complexity index is 264. The molecular formula is C9H16ClNO4. The molecule has 0 aromatic rings. The van der Waals surface area contributed by atoms with Gasteiger partial charge in [-0.1, -0.05) is 11.6 Å². The van der Waals surface area contributed by atoms with E-state index in [9.17, 15) is 0 Å². The number of rotatable bonds is 0. The van der Waals surface area contributed by atoms with Crippen molar-refractivity contribution in [1.29, 1.82) is 0 Å². The van der Waals surface area contributed by atoms with Gasteiger partial charge in [-0.15, -0.1) is 0 Å². The maximum Gasteiger partial charge on any atom is 0.0777 e. The molecule has 6 heteroatoms. The number of allylic oxidation sites excluding steroid dienone is 3.